The molecule has 1 aromatic carbocycles. The molecule has 0 radical (unpaired) electrons. The number of rotatable bonds is 0. The normalized spacial score (nSPS) is 22.5. The Morgan fingerprint density at radius 1 is 1.27 bits per heavy atom. The molecule has 0 amide bonds. The zero-order valence-electron chi connectivity index (χ0n) is 8.55. The Morgan fingerprint density at radius 2 is 2.07 bits per heavy atom. The number of para-hydroxylation sites is 1. The largest absolute Gasteiger partial charge is 0.382 e. The Kier molecular flexibility index (Phi) is 2.37. The second kappa shape index (κ2) is 3.60. The highest BCUT2D eigenvalue weighted by atomic mass is 35.5. The fourth-order valence-corrected chi connectivity index (χ4v) is 4.41. The van der Waals surface area contributed by atoms with Gasteiger partial charge in [-0.1, -0.05) is 30.5 Å². The molecule has 0 atom stereocenters. The van der Waals surface area contributed by atoms with Crippen molar-refractivity contribution in [2.24, 2.45) is 0 Å². The van der Waals surface area contributed by atoms with Crippen LogP contribution in [0.3, 0.4) is 0 Å². The summed E-state index contributed by atoms with van der Waals surface area (Å²) in [5.41, 5.74) is 1.14. The summed E-state index contributed by atoms with van der Waals surface area (Å²) in [7, 11) is 0. The van der Waals surface area contributed by atoms with Gasteiger partial charge in [0.25, 0.3) is 0 Å². The van der Waals surface area contributed by atoms with E-state index in [1.165, 1.54) is 30.6 Å². The van der Waals surface area contributed by atoms with Crippen LogP contribution in [0.15, 0.2) is 23.1 Å². The highest BCUT2D eigenvalue weighted by molar-refractivity contribution is 8.01. The molecular formula is C12H14ClNS. The smallest absolute Gasteiger partial charge is 0.0668 e. The molecule has 1 aliphatic carbocycles. The monoisotopic (exact) mass is 239 g/mol. The second-order valence-electron chi connectivity index (χ2n) is 4.46. The van der Waals surface area contributed by atoms with Gasteiger partial charge in [0.1, 0.15) is 0 Å². The predicted molar refractivity (Wildman–Crippen MR) is 67.0 cm³/mol. The number of nitrogens with one attached hydrogen (secondary N) is 1. The molecule has 3 heteroatoms. The molecule has 1 aromatic rings. The van der Waals surface area contributed by atoms with Crippen LogP contribution in [0.4, 0.5) is 5.69 Å². The molecule has 1 N–H and O–H groups in total. The minimum absolute atomic E-state index is 0.456. The molecule has 0 bridgehead atoms. The maximum atomic E-state index is 6.16. The summed E-state index contributed by atoms with van der Waals surface area (Å²) >= 11 is 8.20. The van der Waals surface area contributed by atoms with Crippen molar-refractivity contribution >= 4 is 29.1 Å². The predicted octanol–water partition coefficient (Wildman–Crippen LogP) is 4.17. The van der Waals surface area contributed by atoms with Crippen LogP contribution >= 0.6 is 23.4 Å². The quantitative estimate of drug-likeness (QED) is 0.729. The number of thioether (sulfide) groups is 1. The van der Waals surface area contributed by atoms with Crippen molar-refractivity contribution in [3.8, 4) is 0 Å². The highest BCUT2D eigenvalue weighted by Gasteiger charge is 2.38. The molecule has 1 spiro atoms. The van der Waals surface area contributed by atoms with E-state index in [1.54, 1.807) is 0 Å². The molecule has 0 unspecified atom stereocenters. The van der Waals surface area contributed by atoms with Gasteiger partial charge in [-0.05, 0) is 25.0 Å². The molecule has 1 aliphatic heterocycles. The SMILES string of the molecule is Clc1cccc2c1NCC1(CCCC1)S2. The fourth-order valence-electron chi connectivity index (χ4n) is 2.58. The van der Waals surface area contributed by atoms with E-state index in [2.05, 4.69) is 11.4 Å². The van der Waals surface area contributed by atoms with Gasteiger partial charge in [0.05, 0.1) is 10.7 Å². The summed E-state index contributed by atoms with van der Waals surface area (Å²) in [6.45, 7) is 1.08. The van der Waals surface area contributed by atoms with Gasteiger partial charge in [-0.25, -0.2) is 0 Å². The van der Waals surface area contributed by atoms with Gasteiger partial charge in [-0.2, -0.15) is 0 Å². The van der Waals surface area contributed by atoms with Crippen molar-refractivity contribution in [3.05, 3.63) is 23.2 Å². The molecule has 1 fully saturated rings. The van der Waals surface area contributed by atoms with Crippen molar-refractivity contribution in [2.75, 3.05) is 11.9 Å². The standard InChI is InChI=1S/C12H14ClNS/c13-9-4-3-5-10-11(9)14-8-12(15-10)6-1-2-7-12/h3-5,14H,1-2,6-8H2. The summed E-state index contributed by atoms with van der Waals surface area (Å²) in [5.74, 6) is 0. The van der Waals surface area contributed by atoms with Crippen LogP contribution in [-0.2, 0) is 0 Å². The number of hydrogen-bond acceptors (Lipinski definition) is 2. The van der Waals surface area contributed by atoms with Crippen molar-refractivity contribution in [1.29, 1.82) is 0 Å². The van der Waals surface area contributed by atoms with Crippen LogP contribution in [0, 0.1) is 0 Å². The van der Waals surface area contributed by atoms with Crippen molar-refractivity contribution < 1.29 is 0 Å². The fraction of sp³-hybridized carbons (Fsp3) is 0.500. The zero-order valence-corrected chi connectivity index (χ0v) is 10.1. The Hall–Kier alpha value is -0.340. The Balaban J connectivity index is 1.96. The Morgan fingerprint density at radius 3 is 2.87 bits per heavy atom. The molecule has 2 aliphatic rings. The molecule has 80 valence electrons. The number of hydrogen-bond donors (Lipinski definition) is 1. The average Bonchev–Trinajstić information content (AvgIpc) is 2.66. The van der Waals surface area contributed by atoms with E-state index in [0.717, 1.165) is 17.3 Å². The van der Waals surface area contributed by atoms with Gasteiger partial charge >= 0.3 is 0 Å². The summed E-state index contributed by atoms with van der Waals surface area (Å²) in [4.78, 5) is 1.33. The van der Waals surface area contributed by atoms with E-state index in [4.69, 9.17) is 11.6 Å². The summed E-state index contributed by atoms with van der Waals surface area (Å²) in [6.07, 6.45) is 5.45. The van der Waals surface area contributed by atoms with Crippen molar-refractivity contribution in [3.63, 3.8) is 0 Å². The molecule has 1 heterocycles. The van der Waals surface area contributed by atoms with Crippen LogP contribution in [0.1, 0.15) is 25.7 Å². The number of anilines is 1. The first-order valence-corrected chi connectivity index (χ1v) is 6.70. The summed E-state index contributed by atoms with van der Waals surface area (Å²) in [6, 6.07) is 6.18. The van der Waals surface area contributed by atoms with Crippen LogP contribution < -0.4 is 5.32 Å². The first-order chi connectivity index (χ1) is 7.29. The third-order valence-electron chi connectivity index (χ3n) is 3.40. The lowest BCUT2D eigenvalue weighted by Gasteiger charge is -2.35. The average molecular weight is 240 g/mol. The van der Waals surface area contributed by atoms with E-state index < -0.39 is 0 Å². The first-order valence-electron chi connectivity index (χ1n) is 5.51. The third kappa shape index (κ3) is 1.64. The van der Waals surface area contributed by atoms with E-state index >= 15 is 0 Å². The minimum atomic E-state index is 0.456. The lowest BCUT2D eigenvalue weighted by molar-refractivity contribution is 0.631. The third-order valence-corrected chi connectivity index (χ3v) is 5.26. The van der Waals surface area contributed by atoms with E-state index in [0.29, 0.717) is 4.75 Å². The maximum Gasteiger partial charge on any atom is 0.0668 e. The van der Waals surface area contributed by atoms with Gasteiger partial charge in [0.15, 0.2) is 0 Å². The molecule has 0 aromatic heterocycles. The summed E-state index contributed by atoms with van der Waals surface area (Å²) in [5, 5.41) is 4.37. The number of benzene rings is 1. The van der Waals surface area contributed by atoms with Crippen LogP contribution in [0.2, 0.25) is 5.02 Å². The van der Waals surface area contributed by atoms with Gasteiger partial charge in [0, 0.05) is 16.2 Å². The molecule has 3 rings (SSSR count). The lowest BCUT2D eigenvalue weighted by Crippen LogP contribution is -2.33. The Labute approximate surface area is 99.6 Å². The number of halogens is 1. The molecule has 1 saturated carbocycles. The highest BCUT2D eigenvalue weighted by Crippen LogP contribution is 2.51. The maximum absolute atomic E-state index is 6.16. The van der Waals surface area contributed by atoms with Crippen LogP contribution in [0.25, 0.3) is 0 Å². The first kappa shape index (κ1) is 9.86. The second-order valence-corrected chi connectivity index (χ2v) is 6.38. The van der Waals surface area contributed by atoms with Gasteiger partial charge in [-0.3, -0.25) is 0 Å². The molecular weight excluding hydrogens is 226 g/mol. The molecule has 0 saturated heterocycles. The lowest BCUT2D eigenvalue weighted by atomic mass is 10.1. The molecule has 15 heavy (non-hydrogen) atoms. The van der Waals surface area contributed by atoms with Crippen molar-refractivity contribution in [2.45, 2.75) is 35.3 Å². The van der Waals surface area contributed by atoms with Gasteiger partial charge < -0.3 is 5.32 Å². The van der Waals surface area contributed by atoms with E-state index in [1.807, 2.05) is 23.9 Å². The molecule has 1 nitrogen and oxygen atoms in total. The Bertz CT molecular complexity index is 385. The van der Waals surface area contributed by atoms with Gasteiger partial charge in [0.2, 0.25) is 0 Å². The van der Waals surface area contributed by atoms with Crippen LogP contribution in [0.5, 0.6) is 0 Å². The van der Waals surface area contributed by atoms with E-state index in [-0.39, 0.29) is 0 Å². The van der Waals surface area contributed by atoms with E-state index in [9.17, 15) is 0 Å². The van der Waals surface area contributed by atoms with Crippen LogP contribution in [-0.4, -0.2) is 11.3 Å². The summed E-state index contributed by atoms with van der Waals surface area (Å²) < 4.78 is 0.456. The van der Waals surface area contributed by atoms with Gasteiger partial charge in [-0.15, -0.1) is 11.8 Å². The topological polar surface area (TPSA) is 12.0 Å². The number of fused-ring (bicyclic) bond motifs is 1. The zero-order chi connectivity index (χ0) is 10.3. The minimum Gasteiger partial charge on any atom is -0.382 e. The van der Waals surface area contributed by atoms with Crippen molar-refractivity contribution in [1.82, 2.24) is 0 Å².